The minimum atomic E-state index is -0.657. The first-order chi connectivity index (χ1) is 8.27. The Morgan fingerprint density at radius 1 is 1.35 bits per heavy atom. The number of hydrogen-bond acceptors (Lipinski definition) is 3. The van der Waals surface area contributed by atoms with Crippen LogP contribution in [0.4, 0.5) is 0 Å². The minimum Gasteiger partial charge on any atom is -0.481 e. The second-order valence-electron chi connectivity index (χ2n) is 5.01. The summed E-state index contributed by atoms with van der Waals surface area (Å²) in [6.07, 6.45) is 4.89. The van der Waals surface area contributed by atoms with Gasteiger partial charge in [0.05, 0.1) is 5.92 Å². The molecule has 0 amide bonds. The van der Waals surface area contributed by atoms with Gasteiger partial charge in [0.1, 0.15) is 0 Å². The molecule has 17 heavy (non-hydrogen) atoms. The summed E-state index contributed by atoms with van der Waals surface area (Å²) in [6, 6.07) is 0. The Kier molecular flexibility index (Phi) is 2.92. The normalized spacial score (nSPS) is 28.0. The maximum Gasteiger partial charge on any atom is 0.308 e. The molecule has 1 fully saturated rings. The Hall–Kier alpha value is -0.870. The average molecular weight is 251 g/mol. The summed E-state index contributed by atoms with van der Waals surface area (Å²) in [5, 5.41) is 14.7. The molecule has 0 spiro atoms. The highest BCUT2D eigenvalue weighted by Crippen LogP contribution is 2.38. The molecule has 3 nitrogen and oxygen atoms in total. The van der Waals surface area contributed by atoms with E-state index >= 15 is 0 Å². The molecular weight excluding hydrogens is 234 g/mol. The Morgan fingerprint density at radius 2 is 2.18 bits per heavy atom. The van der Waals surface area contributed by atoms with E-state index in [-0.39, 0.29) is 11.8 Å². The molecule has 1 aliphatic heterocycles. The fourth-order valence-corrected chi connectivity index (χ4v) is 4.31. The van der Waals surface area contributed by atoms with Gasteiger partial charge in [-0.25, -0.2) is 0 Å². The van der Waals surface area contributed by atoms with Gasteiger partial charge in [-0.05, 0) is 42.2 Å². The molecule has 1 saturated heterocycles. The number of rotatable bonds is 2. The quantitative estimate of drug-likeness (QED) is 0.845. The second kappa shape index (κ2) is 4.42. The topological polar surface area (TPSA) is 49.3 Å². The molecule has 1 aliphatic carbocycles. The van der Waals surface area contributed by atoms with E-state index in [9.17, 15) is 9.90 Å². The van der Waals surface area contributed by atoms with Crippen LogP contribution in [0.15, 0.2) is 5.38 Å². The lowest BCUT2D eigenvalue weighted by Crippen LogP contribution is -2.21. The SMILES string of the molecule is O=C(O)C1CNCC1c1csc2c1CCCC2. The summed E-state index contributed by atoms with van der Waals surface area (Å²) in [7, 11) is 0. The highest BCUT2D eigenvalue weighted by atomic mass is 32.1. The third kappa shape index (κ3) is 1.89. The highest BCUT2D eigenvalue weighted by Gasteiger charge is 2.36. The van der Waals surface area contributed by atoms with Gasteiger partial charge in [0.15, 0.2) is 0 Å². The Bertz CT molecular complexity index is 441. The lowest BCUT2D eigenvalue weighted by atomic mass is 9.84. The second-order valence-corrected chi connectivity index (χ2v) is 5.97. The third-order valence-corrected chi connectivity index (χ3v) is 5.13. The van der Waals surface area contributed by atoms with Gasteiger partial charge in [-0.1, -0.05) is 0 Å². The molecule has 2 unspecified atom stereocenters. The number of aliphatic carboxylic acids is 1. The summed E-state index contributed by atoms with van der Waals surface area (Å²) in [5.41, 5.74) is 2.79. The number of carbonyl (C=O) groups is 1. The van der Waals surface area contributed by atoms with Crippen molar-refractivity contribution in [3.05, 3.63) is 21.4 Å². The van der Waals surface area contributed by atoms with Gasteiger partial charge in [-0.2, -0.15) is 0 Å². The predicted molar refractivity (Wildman–Crippen MR) is 67.7 cm³/mol. The molecule has 4 heteroatoms. The smallest absolute Gasteiger partial charge is 0.308 e. The zero-order valence-electron chi connectivity index (χ0n) is 9.74. The van der Waals surface area contributed by atoms with E-state index in [1.165, 1.54) is 35.3 Å². The first kappa shape index (κ1) is 11.2. The maximum absolute atomic E-state index is 11.2. The zero-order valence-corrected chi connectivity index (χ0v) is 10.6. The molecule has 3 rings (SSSR count). The van der Waals surface area contributed by atoms with Gasteiger partial charge in [-0.15, -0.1) is 11.3 Å². The summed E-state index contributed by atoms with van der Waals surface area (Å²) in [4.78, 5) is 12.7. The lowest BCUT2D eigenvalue weighted by molar-refractivity contribution is -0.141. The average Bonchev–Trinajstić information content (AvgIpc) is 2.94. The van der Waals surface area contributed by atoms with Crippen LogP contribution in [-0.2, 0) is 17.6 Å². The molecule has 0 aromatic carbocycles. The minimum absolute atomic E-state index is 0.186. The van der Waals surface area contributed by atoms with Crippen LogP contribution in [0.3, 0.4) is 0 Å². The highest BCUT2D eigenvalue weighted by molar-refractivity contribution is 7.10. The van der Waals surface area contributed by atoms with E-state index in [2.05, 4.69) is 10.7 Å². The maximum atomic E-state index is 11.2. The number of nitrogens with one attached hydrogen (secondary N) is 1. The van der Waals surface area contributed by atoms with Crippen molar-refractivity contribution < 1.29 is 9.90 Å². The number of thiophene rings is 1. The van der Waals surface area contributed by atoms with Gasteiger partial charge < -0.3 is 10.4 Å². The van der Waals surface area contributed by atoms with Crippen LogP contribution in [0.1, 0.15) is 34.8 Å². The first-order valence-corrected chi connectivity index (χ1v) is 7.18. The van der Waals surface area contributed by atoms with Crippen molar-refractivity contribution in [1.29, 1.82) is 0 Å². The van der Waals surface area contributed by atoms with Crippen molar-refractivity contribution in [3.63, 3.8) is 0 Å². The molecule has 1 aromatic rings. The molecule has 0 saturated carbocycles. The van der Waals surface area contributed by atoms with Crippen LogP contribution in [0, 0.1) is 5.92 Å². The first-order valence-electron chi connectivity index (χ1n) is 6.30. The summed E-state index contributed by atoms with van der Waals surface area (Å²) in [5.74, 6) is -0.711. The van der Waals surface area contributed by atoms with Gasteiger partial charge in [0.25, 0.3) is 0 Å². The molecule has 2 aliphatic rings. The molecule has 2 atom stereocenters. The number of carboxylic acids is 1. The molecule has 92 valence electrons. The van der Waals surface area contributed by atoms with Crippen molar-refractivity contribution in [2.24, 2.45) is 5.92 Å². The van der Waals surface area contributed by atoms with Crippen molar-refractivity contribution in [1.82, 2.24) is 5.32 Å². The summed E-state index contributed by atoms with van der Waals surface area (Å²) < 4.78 is 0. The van der Waals surface area contributed by atoms with E-state index in [1.807, 2.05) is 11.3 Å². The Morgan fingerprint density at radius 3 is 3.00 bits per heavy atom. The predicted octanol–water partition coefficient (Wildman–Crippen LogP) is 2.01. The van der Waals surface area contributed by atoms with Crippen LogP contribution >= 0.6 is 11.3 Å². The molecular formula is C13H17NO2S. The lowest BCUT2D eigenvalue weighted by Gasteiger charge is -2.18. The third-order valence-electron chi connectivity index (χ3n) is 4.02. The monoisotopic (exact) mass is 251 g/mol. The van der Waals surface area contributed by atoms with Crippen molar-refractivity contribution in [3.8, 4) is 0 Å². The standard InChI is InChI=1S/C13H17NO2S/c15-13(16)10-6-14-5-9(10)11-7-17-12-4-2-1-3-8(11)12/h7,9-10,14H,1-6H2,(H,15,16). The zero-order chi connectivity index (χ0) is 11.8. The van der Waals surface area contributed by atoms with Gasteiger partial charge in [0, 0.05) is 23.9 Å². The van der Waals surface area contributed by atoms with Crippen molar-refractivity contribution in [2.75, 3.05) is 13.1 Å². The van der Waals surface area contributed by atoms with E-state index in [1.54, 1.807) is 0 Å². The number of hydrogen-bond donors (Lipinski definition) is 2. The largest absolute Gasteiger partial charge is 0.481 e. The van der Waals surface area contributed by atoms with Gasteiger partial charge in [0.2, 0.25) is 0 Å². The van der Waals surface area contributed by atoms with Crippen LogP contribution in [0.2, 0.25) is 0 Å². The van der Waals surface area contributed by atoms with E-state index < -0.39 is 5.97 Å². The van der Waals surface area contributed by atoms with Crippen LogP contribution in [-0.4, -0.2) is 24.2 Å². The summed E-state index contributed by atoms with van der Waals surface area (Å²) in [6.45, 7) is 1.44. The Balaban J connectivity index is 1.93. The molecule has 2 N–H and O–H groups in total. The fourth-order valence-electron chi connectivity index (χ4n) is 3.09. The van der Waals surface area contributed by atoms with Crippen LogP contribution in [0.25, 0.3) is 0 Å². The molecule has 0 radical (unpaired) electrons. The van der Waals surface area contributed by atoms with Gasteiger partial charge >= 0.3 is 5.97 Å². The van der Waals surface area contributed by atoms with E-state index in [0.29, 0.717) is 6.54 Å². The van der Waals surface area contributed by atoms with Crippen LogP contribution < -0.4 is 5.32 Å². The number of fused-ring (bicyclic) bond motifs is 1. The van der Waals surface area contributed by atoms with Crippen LogP contribution in [0.5, 0.6) is 0 Å². The fraction of sp³-hybridized carbons (Fsp3) is 0.615. The number of carboxylic acid groups (broad SMARTS) is 1. The van der Waals surface area contributed by atoms with E-state index in [0.717, 1.165) is 13.0 Å². The molecule has 2 heterocycles. The summed E-state index contributed by atoms with van der Waals surface area (Å²) >= 11 is 1.83. The van der Waals surface area contributed by atoms with E-state index in [4.69, 9.17) is 0 Å². The molecule has 1 aromatic heterocycles. The molecule has 0 bridgehead atoms. The Labute approximate surface area is 105 Å². The number of aryl methyl sites for hydroxylation is 1. The van der Waals surface area contributed by atoms with Gasteiger partial charge in [-0.3, -0.25) is 4.79 Å². The van der Waals surface area contributed by atoms with Crippen molar-refractivity contribution >= 4 is 17.3 Å². The van der Waals surface area contributed by atoms with Crippen molar-refractivity contribution in [2.45, 2.75) is 31.6 Å².